The number of nitrogens with two attached hydrogens (primary N) is 1. The van der Waals surface area contributed by atoms with Gasteiger partial charge in [-0.3, -0.25) is 19.8 Å². The molecule has 2 amide bonds. The molecule has 2 aliphatic rings. The van der Waals surface area contributed by atoms with Crippen LogP contribution in [0.15, 0.2) is 59.5 Å². The Balaban J connectivity index is 1.48. The van der Waals surface area contributed by atoms with Crippen molar-refractivity contribution in [3.8, 4) is 11.1 Å². The number of amides is 2. The highest BCUT2D eigenvalue weighted by atomic mass is 32.2. The van der Waals surface area contributed by atoms with Gasteiger partial charge in [0.15, 0.2) is 5.96 Å². The lowest BCUT2D eigenvalue weighted by Gasteiger charge is -2.33. The molecule has 0 unspecified atom stereocenters. The van der Waals surface area contributed by atoms with Gasteiger partial charge < -0.3 is 26.0 Å². The number of guanidine groups is 1. The van der Waals surface area contributed by atoms with Gasteiger partial charge in [-0.2, -0.15) is 4.72 Å². The summed E-state index contributed by atoms with van der Waals surface area (Å²) in [5, 5.41) is 19.8. The zero-order valence-corrected chi connectivity index (χ0v) is 23.5. The molecular formula is C28H36N6O6S. The first-order chi connectivity index (χ1) is 19.5. The normalized spacial score (nSPS) is 17.9. The van der Waals surface area contributed by atoms with Crippen LogP contribution < -0.4 is 15.8 Å². The predicted molar refractivity (Wildman–Crippen MR) is 152 cm³/mol. The second kappa shape index (κ2) is 13.1. The molecule has 2 aromatic carbocycles. The number of hydrogen-bond donors (Lipinski definition) is 5. The van der Waals surface area contributed by atoms with Crippen molar-refractivity contribution in [1.82, 2.24) is 19.8 Å². The van der Waals surface area contributed by atoms with Crippen molar-refractivity contribution in [1.29, 1.82) is 5.41 Å². The van der Waals surface area contributed by atoms with Crippen LogP contribution in [0.1, 0.15) is 32.1 Å². The van der Waals surface area contributed by atoms with Crippen LogP contribution in [0.4, 0.5) is 0 Å². The van der Waals surface area contributed by atoms with Crippen molar-refractivity contribution in [2.24, 2.45) is 11.7 Å². The van der Waals surface area contributed by atoms with Crippen molar-refractivity contribution in [2.75, 3.05) is 26.2 Å². The Labute approximate surface area is 239 Å². The van der Waals surface area contributed by atoms with Crippen LogP contribution in [0.2, 0.25) is 0 Å². The maximum atomic E-state index is 13.5. The topological polar surface area (TPSA) is 186 Å². The number of carbonyl (C=O) groups excluding carboxylic acids is 2. The van der Waals surface area contributed by atoms with Crippen LogP contribution in [-0.4, -0.2) is 85.3 Å². The molecule has 1 aliphatic heterocycles. The summed E-state index contributed by atoms with van der Waals surface area (Å²) in [4.78, 5) is 40.7. The van der Waals surface area contributed by atoms with Gasteiger partial charge in [0.25, 0.3) is 0 Å². The number of sulfonamides is 1. The lowest BCUT2D eigenvalue weighted by molar-refractivity contribution is -0.146. The van der Waals surface area contributed by atoms with Gasteiger partial charge >= 0.3 is 5.97 Å². The molecule has 1 heterocycles. The fourth-order valence-corrected chi connectivity index (χ4v) is 6.17. The molecular weight excluding hydrogens is 548 g/mol. The van der Waals surface area contributed by atoms with Gasteiger partial charge in [-0.15, -0.1) is 0 Å². The average Bonchev–Trinajstić information content (AvgIpc) is 3.80. The van der Waals surface area contributed by atoms with E-state index in [1.165, 1.54) is 12.1 Å². The predicted octanol–water partition coefficient (Wildman–Crippen LogP) is 1.19. The number of aliphatic carboxylic acids is 1. The first-order valence-corrected chi connectivity index (χ1v) is 15.1. The highest BCUT2D eigenvalue weighted by molar-refractivity contribution is 7.89. The number of nitrogens with zero attached hydrogens (tertiary/aromatic N) is 2. The molecule has 41 heavy (non-hydrogen) atoms. The molecule has 2 atom stereocenters. The monoisotopic (exact) mass is 584 g/mol. The summed E-state index contributed by atoms with van der Waals surface area (Å²) in [5.41, 5.74) is 7.31. The molecule has 1 saturated carbocycles. The van der Waals surface area contributed by atoms with Crippen molar-refractivity contribution in [2.45, 2.75) is 49.1 Å². The van der Waals surface area contributed by atoms with Crippen molar-refractivity contribution < 1.29 is 27.9 Å². The molecule has 6 N–H and O–H groups in total. The standard InChI is InChI=1S/C28H36N6O6S/c29-28(30)33-14-4-5-19(17-33)16-31-25(35)15-24(27(38)34(18-26(36)37)22-10-11-22)32-41(39,40)23-12-8-21(9-13-23)20-6-2-1-3-7-20/h1-3,6-9,12-13,19,22,24,32H,4-5,10-11,14-18H2,(H3,29,30)(H,31,35)(H,36,37)/t19-,24-/m0/s1. The molecule has 0 bridgehead atoms. The molecule has 12 nitrogen and oxygen atoms in total. The van der Waals surface area contributed by atoms with Crippen LogP contribution >= 0.6 is 0 Å². The Morgan fingerprint density at radius 1 is 1.05 bits per heavy atom. The van der Waals surface area contributed by atoms with Gasteiger partial charge in [0, 0.05) is 25.7 Å². The van der Waals surface area contributed by atoms with Crippen LogP contribution in [0, 0.1) is 11.3 Å². The van der Waals surface area contributed by atoms with Crippen molar-refractivity contribution in [3.63, 3.8) is 0 Å². The SMILES string of the molecule is N=C(N)N1CCC[C@@H](CNC(=O)C[C@H](NS(=O)(=O)c2ccc(-c3ccccc3)cc2)C(=O)N(CC(=O)O)C2CC2)C1. The Kier molecular flexibility index (Phi) is 9.61. The summed E-state index contributed by atoms with van der Waals surface area (Å²) in [6, 6.07) is 13.8. The van der Waals surface area contributed by atoms with E-state index in [4.69, 9.17) is 11.1 Å². The smallest absolute Gasteiger partial charge is 0.323 e. The van der Waals surface area contributed by atoms with Gasteiger partial charge in [0.1, 0.15) is 12.6 Å². The summed E-state index contributed by atoms with van der Waals surface area (Å²) in [7, 11) is -4.24. The summed E-state index contributed by atoms with van der Waals surface area (Å²) in [6.45, 7) is 0.874. The third-order valence-corrected chi connectivity index (χ3v) is 8.77. The maximum absolute atomic E-state index is 13.5. The van der Waals surface area contributed by atoms with E-state index in [9.17, 15) is 27.9 Å². The van der Waals surface area contributed by atoms with Crippen LogP contribution in [0.25, 0.3) is 11.1 Å². The van der Waals surface area contributed by atoms with E-state index >= 15 is 0 Å². The number of benzene rings is 2. The highest BCUT2D eigenvalue weighted by Gasteiger charge is 2.39. The van der Waals surface area contributed by atoms with Gasteiger partial charge in [-0.05, 0) is 54.9 Å². The number of likely N-dealkylation sites (tertiary alicyclic amines) is 1. The summed E-state index contributed by atoms with van der Waals surface area (Å²) in [5.74, 6) is -2.51. The van der Waals surface area contributed by atoms with E-state index in [-0.39, 0.29) is 29.4 Å². The van der Waals surface area contributed by atoms with Gasteiger partial charge in [-0.1, -0.05) is 42.5 Å². The molecule has 2 fully saturated rings. The molecule has 4 rings (SSSR count). The highest BCUT2D eigenvalue weighted by Crippen LogP contribution is 2.28. The third kappa shape index (κ3) is 8.27. The van der Waals surface area contributed by atoms with Crippen molar-refractivity contribution in [3.05, 3.63) is 54.6 Å². The molecule has 1 aliphatic carbocycles. The van der Waals surface area contributed by atoms with Crippen LogP contribution in [0.3, 0.4) is 0 Å². The van der Waals surface area contributed by atoms with Crippen molar-refractivity contribution >= 4 is 33.8 Å². The minimum atomic E-state index is -4.24. The number of piperidine rings is 1. The second-order valence-electron chi connectivity index (χ2n) is 10.5. The van der Waals surface area contributed by atoms with Gasteiger partial charge in [-0.25, -0.2) is 8.42 Å². The van der Waals surface area contributed by atoms with Crippen LogP contribution in [0.5, 0.6) is 0 Å². The first kappa shape index (κ1) is 30.0. The quantitative estimate of drug-likeness (QED) is 0.182. The van der Waals surface area contributed by atoms with Gasteiger partial charge in [0.2, 0.25) is 21.8 Å². The number of carboxylic acid groups (broad SMARTS) is 1. The molecule has 0 aromatic heterocycles. The maximum Gasteiger partial charge on any atom is 0.323 e. The Hall–Kier alpha value is -3.97. The van der Waals surface area contributed by atoms with E-state index in [0.29, 0.717) is 25.9 Å². The zero-order chi connectivity index (χ0) is 29.6. The van der Waals surface area contributed by atoms with Crippen LogP contribution in [-0.2, 0) is 24.4 Å². The number of rotatable bonds is 12. The summed E-state index contributed by atoms with van der Waals surface area (Å²) < 4.78 is 29.1. The first-order valence-electron chi connectivity index (χ1n) is 13.6. The number of hydrogen-bond acceptors (Lipinski definition) is 6. The third-order valence-electron chi connectivity index (χ3n) is 7.28. The Morgan fingerprint density at radius 2 is 1.71 bits per heavy atom. The number of nitrogens with one attached hydrogen (secondary N) is 3. The van der Waals surface area contributed by atoms with E-state index < -0.39 is 46.8 Å². The molecule has 13 heteroatoms. The largest absolute Gasteiger partial charge is 0.480 e. The second-order valence-corrected chi connectivity index (χ2v) is 12.2. The fraction of sp³-hybridized carbons (Fsp3) is 0.429. The fourth-order valence-electron chi connectivity index (χ4n) is 4.98. The minimum Gasteiger partial charge on any atom is -0.480 e. The lowest BCUT2D eigenvalue weighted by atomic mass is 9.98. The van der Waals surface area contributed by atoms with E-state index in [1.807, 2.05) is 30.3 Å². The van der Waals surface area contributed by atoms with E-state index in [0.717, 1.165) is 28.9 Å². The molecule has 0 spiro atoms. The van der Waals surface area contributed by atoms with E-state index in [2.05, 4.69) is 10.0 Å². The molecule has 1 saturated heterocycles. The lowest BCUT2D eigenvalue weighted by Crippen LogP contribution is -2.52. The Morgan fingerprint density at radius 3 is 2.32 bits per heavy atom. The van der Waals surface area contributed by atoms with Gasteiger partial charge in [0.05, 0.1) is 11.3 Å². The van der Waals surface area contributed by atoms with E-state index in [1.54, 1.807) is 17.0 Å². The number of carbonyl (C=O) groups is 3. The number of carboxylic acids is 1. The average molecular weight is 585 g/mol. The minimum absolute atomic E-state index is 0.0310. The molecule has 0 radical (unpaired) electrons. The molecule has 220 valence electrons. The zero-order valence-electron chi connectivity index (χ0n) is 22.7. The Bertz CT molecular complexity index is 1360. The summed E-state index contributed by atoms with van der Waals surface area (Å²) in [6.07, 6.45) is 2.37. The summed E-state index contributed by atoms with van der Waals surface area (Å²) >= 11 is 0. The molecule has 2 aromatic rings.